The maximum atomic E-state index is 11.5. The highest BCUT2D eigenvalue weighted by Gasteiger charge is 2.17. The molecule has 1 saturated heterocycles. The van der Waals surface area contributed by atoms with E-state index >= 15 is 0 Å². The molecule has 1 fully saturated rings. The molecular formula is C11H15ClN2O. The van der Waals surface area contributed by atoms with E-state index in [0.717, 1.165) is 31.6 Å². The van der Waals surface area contributed by atoms with E-state index in [1.54, 1.807) is 17.7 Å². The summed E-state index contributed by atoms with van der Waals surface area (Å²) in [5.74, 6) is 0. The molecule has 1 aliphatic rings. The van der Waals surface area contributed by atoms with Gasteiger partial charge in [-0.25, -0.2) is 0 Å². The van der Waals surface area contributed by atoms with Gasteiger partial charge in [-0.15, -0.1) is 11.6 Å². The molecule has 2 rings (SSSR count). The summed E-state index contributed by atoms with van der Waals surface area (Å²) in [4.78, 5) is 13.7. The molecule has 0 bridgehead atoms. The molecule has 0 saturated carbocycles. The first-order valence-electron chi connectivity index (χ1n) is 5.22. The SMILES string of the molecule is Cn1ccc(N2CCC(Cl)CC2)cc1=O. The minimum atomic E-state index is 0.0421. The Labute approximate surface area is 94.3 Å². The number of nitrogens with zero attached hydrogens (tertiary/aromatic N) is 2. The lowest BCUT2D eigenvalue weighted by molar-refractivity contribution is 0.584. The molecule has 0 atom stereocenters. The Kier molecular flexibility index (Phi) is 3.00. The number of alkyl halides is 1. The summed E-state index contributed by atoms with van der Waals surface area (Å²) >= 11 is 6.03. The van der Waals surface area contributed by atoms with E-state index < -0.39 is 0 Å². The lowest BCUT2D eigenvalue weighted by Crippen LogP contribution is -2.34. The van der Waals surface area contributed by atoms with Gasteiger partial charge in [-0.3, -0.25) is 4.79 Å². The van der Waals surface area contributed by atoms with Crippen LogP contribution in [0.5, 0.6) is 0 Å². The number of rotatable bonds is 1. The first-order chi connectivity index (χ1) is 7.16. The molecule has 0 amide bonds. The average Bonchev–Trinajstić information content (AvgIpc) is 2.23. The Bertz CT molecular complexity index is 394. The van der Waals surface area contributed by atoms with Crippen LogP contribution in [0, 0.1) is 0 Å². The van der Waals surface area contributed by atoms with Crippen LogP contribution < -0.4 is 10.5 Å². The fourth-order valence-corrected chi connectivity index (χ4v) is 2.04. The van der Waals surface area contributed by atoms with Gasteiger partial charge in [0.2, 0.25) is 0 Å². The topological polar surface area (TPSA) is 25.2 Å². The van der Waals surface area contributed by atoms with Gasteiger partial charge in [0.05, 0.1) is 0 Å². The molecule has 4 heteroatoms. The van der Waals surface area contributed by atoms with Crippen molar-refractivity contribution in [3.63, 3.8) is 0 Å². The smallest absolute Gasteiger partial charge is 0.252 e. The predicted octanol–water partition coefficient (Wildman–Crippen LogP) is 1.59. The van der Waals surface area contributed by atoms with Crippen molar-refractivity contribution in [3.8, 4) is 0 Å². The molecule has 0 radical (unpaired) electrons. The zero-order chi connectivity index (χ0) is 10.8. The molecule has 3 nitrogen and oxygen atoms in total. The molecule has 2 heterocycles. The molecule has 0 unspecified atom stereocenters. The van der Waals surface area contributed by atoms with Crippen molar-refractivity contribution in [3.05, 3.63) is 28.7 Å². The molecule has 1 aromatic rings. The van der Waals surface area contributed by atoms with Crippen molar-refractivity contribution < 1.29 is 0 Å². The number of pyridine rings is 1. The highest BCUT2D eigenvalue weighted by atomic mass is 35.5. The minimum Gasteiger partial charge on any atom is -0.371 e. The number of aromatic nitrogens is 1. The summed E-state index contributed by atoms with van der Waals surface area (Å²) in [5.41, 5.74) is 1.06. The van der Waals surface area contributed by atoms with E-state index in [1.165, 1.54) is 0 Å². The number of halogens is 1. The van der Waals surface area contributed by atoms with Crippen LogP contribution in [-0.4, -0.2) is 23.0 Å². The Morgan fingerprint density at radius 2 is 2.07 bits per heavy atom. The van der Waals surface area contributed by atoms with Crippen LogP contribution in [0.1, 0.15) is 12.8 Å². The van der Waals surface area contributed by atoms with E-state index in [4.69, 9.17) is 11.6 Å². The van der Waals surface area contributed by atoms with E-state index in [9.17, 15) is 4.79 Å². The summed E-state index contributed by atoms with van der Waals surface area (Å²) in [6.45, 7) is 1.89. The highest BCUT2D eigenvalue weighted by Crippen LogP contribution is 2.20. The number of piperidine rings is 1. The third-order valence-electron chi connectivity index (χ3n) is 2.88. The fraction of sp³-hybridized carbons (Fsp3) is 0.545. The molecular weight excluding hydrogens is 212 g/mol. The maximum absolute atomic E-state index is 11.5. The van der Waals surface area contributed by atoms with Crippen LogP contribution in [0.4, 0.5) is 5.69 Å². The third kappa shape index (κ3) is 2.34. The van der Waals surface area contributed by atoms with Gasteiger partial charge >= 0.3 is 0 Å². The van der Waals surface area contributed by atoms with Gasteiger partial charge in [-0.05, 0) is 18.9 Å². The van der Waals surface area contributed by atoms with Crippen LogP contribution in [0.3, 0.4) is 0 Å². The van der Waals surface area contributed by atoms with Gasteiger partial charge in [0.25, 0.3) is 5.56 Å². The second kappa shape index (κ2) is 4.27. The normalized spacial score (nSPS) is 18.1. The van der Waals surface area contributed by atoms with Crippen molar-refractivity contribution >= 4 is 17.3 Å². The summed E-state index contributed by atoms with van der Waals surface area (Å²) < 4.78 is 1.58. The second-order valence-corrected chi connectivity index (χ2v) is 4.61. The summed E-state index contributed by atoms with van der Waals surface area (Å²) in [5, 5.41) is 0.299. The number of hydrogen-bond donors (Lipinski definition) is 0. The van der Waals surface area contributed by atoms with E-state index in [0.29, 0.717) is 5.38 Å². The number of anilines is 1. The van der Waals surface area contributed by atoms with Crippen LogP contribution >= 0.6 is 11.6 Å². The minimum absolute atomic E-state index is 0.0421. The Hall–Kier alpha value is -0.960. The van der Waals surface area contributed by atoms with Gasteiger partial charge in [0.1, 0.15) is 0 Å². The van der Waals surface area contributed by atoms with Crippen molar-refractivity contribution in [1.82, 2.24) is 4.57 Å². The summed E-state index contributed by atoms with van der Waals surface area (Å²) in [6, 6.07) is 3.67. The third-order valence-corrected chi connectivity index (χ3v) is 3.31. The summed E-state index contributed by atoms with van der Waals surface area (Å²) in [6.07, 6.45) is 3.80. The van der Waals surface area contributed by atoms with Gasteiger partial charge < -0.3 is 9.47 Å². The molecule has 0 aliphatic carbocycles. The molecule has 0 N–H and O–H groups in total. The van der Waals surface area contributed by atoms with Gasteiger partial charge in [-0.1, -0.05) is 0 Å². The van der Waals surface area contributed by atoms with Gasteiger partial charge in [-0.2, -0.15) is 0 Å². The largest absolute Gasteiger partial charge is 0.371 e. The van der Waals surface area contributed by atoms with Crippen molar-refractivity contribution in [2.24, 2.45) is 7.05 Å². The number of aryl methyl sites for hydroxylation is 1. The molecule has 1 aromatic heterocycles. The van der Waals surface area contributed by atoms with Crippen LogP contribution in [0.15, 0.2) is 23.1 Å². The van der Waals surface area contributed by atoms with Gasteiger partial charge in [0, 0.05) is 43.5 Å². The Balaban J connectivity index is 2.16. The van der Waals surface area contributed by atoms with E-state index in [-0.39, 0.29) is 5.56 Å². The monoisotopic (exact) mass is 226 g/mol. The first kappa shape index (κ1) is 10.6. The standard InChI is InChI=1S/C11H15ClN2O/c1-13-5-4-10(8-11(13)15)14-6-2-9(12)3-7-14/h4-5,8-9H,2-3,6-7H2,1H3. The first-order valence-corrected chi connectivity index (χ1v) is 5.66. The molecule has 0 spiro atoms. The van der Waals surface area contributed by atoms with E-state index in [2.05, 4.69) is 4.90 Å². The second-order valence-electron chi connectivity index (χ2n) is 4.00. The van der Waals surface area contributed by atoms with Crippen molar-refractivity contribution in [2.45, 2.75) is 18.2 Å². The quantitative estimate of drug-likeness (QED) is 0.680. The predicted molar refractivity (Wildman–Crippen MR) is 62.8 cm³/mol. The van der Waals surface area contributed by atoms with Crippen LogP contribution in [0.25, 0.3) is 0 Å². The average molecular weight is 227 g/mol. The van der Waals surface area contributed by atoms with Crippen molar-refractivity contribution in [2.75, 3.05) is 18.0 Å². The van der Waals surface area contributed by atoms with Gasteiger partial charge in [0.15, 0.2) is 0 Å². The zero-order valence-corrected chi connectivity index (χ0v) is 9.57. The highest BCUT2D eigenvalue weighted by molar-refractivity contribution is 6.20. The van der Waals surface area contributed by atoms with E-state index in [1.807, 2.05) is 12.3 Å². The van der Waals surface area contributed by atoms with Crippen molar-refractivity contribution in [1.29, 1.82) is 0 Å². The Morgan fingerprint density at radius 1 is 1.40 bits per heavy atom. The molecule has 82 valence electrons. The number of hydrogen-bond acceptors (Lipinski definition) is 2. The zero-order valence-electron chi connectivity index (χ0n) is 8.82. The lowest BCUT2D eigenvalue weighted by atomic mass is 10.1. The molecule has 15 heavy (non-hydrogen) atoms. The molecule has 0 aromatic carbocycles. The maximum Gasteiger partial charge on any atom is 0.252 e. The van der Waals surface area contributed by atoms with Crippen LogP contribution in [0.2, 0.25) is 0 Å². The fourth-order valence-electron chi connectivity index (χ4n) is 1.84. The van der Waals surface area contributed by atoms with Crippen LogP contribution in [-0.2, 0) is 7.05 Å². The lowest BCUT2D eigenvalue weighted by Gasteiger charge is -2.31. The Morgan fingerprint density at radius 3 is 2.67 bits per heavy atom. The molecule has 1 aliphatic heterocycles. The summed E-state index contributed by atoms with van der Waals surface area (Å²) in [7, 11) is 1.76.